The molecule has 0 spiro atoms. The molecular weight excluding hydrogens is 312 g/mol. The molecule has 0 N–H and O–H groups in total. The van der Waals surface area contributed by atoms with Crippen LogP contribution in [0.25, 0.3) is 6.08 Å². The van der Waals surface area contributed by atoms with E-state index in [1.54, 1.807) is 18.0 Å². The van der Waals surface area contributed by atoms with Gasteiger partial charge in [-0.1, -0.05) is 49.4 Å². The van der Waals surface area contributed by atoms with Gasteiger partial charge in [0.2, 0.25) is 0 Å². The van der Waals surface area contributed by atoms with Crippen molar-refractivity contribution in [3.05, 3.63) is 71.3 Å². The highest BCUT2D eigenvalue weighted by atomic mass is 16.5. The number of rotatable bonds is 7. The van der Waals surface area contributed by atoms with Crippen molar-refractivity contribution in [2.45, 2.75) is 19.9 Å². The Hall–Kier alpha value is -3.06. The lowest BCUT2D eigenvalue weighted by Crippen LogP contribution is -2.27. The monoisotopic (exact) mass is 334 g/mol. The molecule has 0 fully saturated rings. The van der Waals surface area contributed by atoms with Gasteiger partial charge < -0.3 is 9.64 Å². The molecule has 25 heavy (non-hydrogen) atoms. The quantitative estimate of drug-likeness (QED) is 0.567. The summed E-state index contributed by atoms with van der Waals surface area (Å²) in [5, 5.41) is 9.35. The second-order valence-corrected chi connectivity index (χ2v) is 5.73. The maximum absolute atomic E-state index is 12.5. The maximum Gasteiger partial charge on any atom is 0.264 e. The van der Waals surface area contributed by atoms with Crippen molar-refractivity contribution in [3.8, 4) is 11.8 Å². The third kappa shape index (κ3) is 5.50. The predicted octanol–water partition coefficient (Wildman–Crippen LogP) is 4.04. The van der Waals surface area contributed by atoms with Gasteiger partial charge in [0.05, 0.1) is 6.61 Å². The molecule has 0 atom stereocenters. The lowest BCUT2D eigenvalue weighted by molar-refractivity contribution is -0.125. The first kappa shape index (κ1) is 18.3. The molecule has 1 amide bonds. The molecule has 0 aromatic heterocycles. The van der Waals surface area contributed by atoms with Gasteiger partial charge in [-0.2, -0.15) is 5.26 Å². The van der Waals surface area contributed by atoms with Crippen molar-refractivity contribution >= 4 is 12.0 Å². The summed E-state index contributed by atoms with van der Waals surface area (Å²) in [5.41, 5.74) is 1.93. The third-order valence-corrected chi connectivity index (χ3v) is 3.62. The van der Waals surface area contributed by atoms with E-state index in [1.165, 1.54) is 0 Å². The number of nitriles is 1. The second-order valence-electron chi connectivity index (χ2n) is 5.73. The zero-order valence-corrected chi connectivity index (χ0v) is 14.6. The minimum atomic E-state index is -0.294. The van der Waals surface area contributed by atoms with E-state index in [0.29, 0.717) is 13.2 Å². The van der Waals surface area contributed by atoms with Crippen LogP contribution in [0.15, 0.2) is 60.2 Å². The van der Waals surface area contributed by atoms with E-state index >= 15 is 0 Å². The van der Waals surface area contributed by atoms with E-state index in [0.717, 1.165) is 23.3 Å². The van der Waals surface area contributed by atoms with Crippen LogP contribution in [0.1, 0.15) is 24.5 Å². The minimum Gasteiger partial charge on any atom is -0.494 e. The first-order valence-electron chi connectivity index (χ1n) is 8.28. The summed E-state index contributed by atoms with van der Waals surface area (Å²) in [6.07, 6.45) is 2.55. The van der Waals surface area contributed by atoms with E-state index in [-0.39, 0.29) is 11.5 Å². The van der Waals surface area contributed by atoms with Crippen LogP contribution < -0.4 is 4.74 Å². The Balaban J connectivity index is 2.08. The van der Waals surface area contributed by atoms with Crippen LogP contribution in [-0.4, -0.2) is 24.5 Å². The van der Waals surface area contributed by atoms with Crippen molar-refractivity contribution in [1.29, 1.82) is 5.26 Å². The number of likely N-dealkylation sites (N-methyl/N-ethyl adjacent to an activating group) is 1. The summed E-state index contributed by atoms with van der Waals surface area (Å²) >= 11 is 0. The van der Waals surface area contributed by atoms with Crippen LogP contribution in [0, 0.1) is 11.3 Å². The molecule has 0 unspecified atom stereocenters. The predicted molar refractivity (Wildman–Crippen MR) is 98.7 cm³/mol. The number of carbonyl (C=O) groups excluding carboxylic acids is 1. The number of nitrogens with zero attached hydrogens (tertiary/aromatic N) is 2. The lowest BCUT2D eigenvalue weighted by Gasteiger charge is -2.16. The summed E-state index contributed by atoms with van der Waals surface area (Å²) in [5.74, 6) is 0.489. The van der Waals surface area contributed by atoms with E-state index in [2.05, 4.69) is 0 Å². The second kappa shape index (κ2) is 9.29. The number of hydrogen-bond acceptors (Lipinski definition) is 3. The first-order chi connectivity index (χ1) is 12.1. The molecule has 128 valence electrons. The fourth-order valence-corrected chi connectivity index (χ4v) is 2.32. The van der Waals surface area contributed by atoms with Gasteiger partial charge in [0.25, 0.3) is 5.91 Å². The maximum atomic E-state index is 12.5. The molecule has 0 aliphatic heterocycles. The lowest BCUT2D eigenvalue weighted by atomic mass is 10.1. The van der Waals surface area contributed by atoms with Gasteiger partial charge >= 0.3 is 0 Å². The Morgan fingerprint density at radius 3 is 2.44 bits per heavy atom. The largest absolute Gasteiger partial charge is 0.494 e. The molecule has 4 heteroatoms. The average molecular weight is 334 g/mol. The zero-order valence-electron chi connectivity index (χ0n) is 14.6. The number of amides is 1. The molecule has 0 bridgehead atoms. The number of benzene rings is 2. The van der Waals surface area contributed by atoms with Gasteiger partial charge in [-0.3, -0.25) is 4.79 Å². The topological polar surface area (TPSA) is 53.3 Å². The summed E-state index contributed by atoms with van der Waals surface area (Å²) in [6.45, 7) is 3.18. The van der Waals surface area contributed by atoms with Crippen LogP contribution in [0.5, 0.6) is 5.75 Å². The minimum absolute atomic E-state index is 0.112. The van der Waals surface area contributed by atoms with Crippen LogP contribution in [-0.2, 0) is 11.3 Å². The standard InChI is InChI=1S/C21H22N2O2/c1-3-13-25-20-11-9-17(10-12-20)14-19(15-22)21(24)23(2)16-18-7-5-4-6-8-18/h4-12,14H,3,13,16H2,1-2H3/b19-14-. The molecule has 2 aromatic rings. The molecule has 0 radical (unpaired) electrons. The summed E-state index contributed by atoms with van der Waals surface area (Å²) in [4.78, 5) is 14.0. The van der Waals surface area contributed by atoms with Crippen LogP contribution in [0.3, 0.4) is 0 Å². The Labute approximate surface area is 149 Å². The Bertz CT molecular complexity index is 759. The van der Waals surface area contributed by atoms with Gasteiger partial charge in [0.15, 0.2) is 0 Å². The fraction of sp³-hybridized carbons (Fsp3) is 0.238. The normalized spacial score (nSPS) is 10.8. The molecule has 2 rings (SSSR count). The fourth-order valence-electron chi connectivity index (χ4n) is 2.32. The van der Waals surface area contributed by atoms with Crippen molar-refractivity contribution in [2.75, 3.05) is 13.7 Å². The molecule has 0 aliphatic rings. The van der Waals surface area contributed by atoms with Crippen molar-refractivity contribution in [2.24, 2.45) is 0 Å². The smallest absolute Gasteiger partial charge is 0.264 e. The Kier molecular flexibility index (Phi) is 6.79. The van der Waals surface area contributed by atoms with Crippen molar-refractivity contribution < 1.29 is 9.53 Å². The molecule has 0 saturated carbocycles. The highest BCUT2D eigenvalue weighted by molar-refractivity contribution is 6.01. The first-order valence-corrected chi connectivity index (χ1v) is 8.28. The van der Waals surface area contributed by atoms with E-state index in [4.69, 9.17) is 4.74 Å². The highest BCUT2D eigenvalue weighted by Gasteiger charge is 2.14. The Morgan fingerprint density at radius 2 is 1.84 bits per heavy atom. The molecule has 0 saturated heterocycles. The average Bonchev–Trinajstić information content (AvgIpc) is 2.65. The van der Waals surface area contributed by atoms with Gasteiger partial charge in [-0.05, 0) is 35.8 Å². The SMILES string of the molecule is CCCOc1ccc(/C=C(/C#N)C(=O)N(C)Cc2ccccc2)cc1. The molecular formula is C21H22N2O2. The van der Waals surface area contributed by atoms with Gasteiger partial charge in [-0.15, -0.1) is 0 Å². The van der Waals surface area contributed by atoms with E-state index in [1.807, 2.05) is 67.6 Å². The zero-order chi connectivity index (χ0) is 18.1. The number of ether oxygens (including phenoxy) is 1. The van der Waals surface area contributed by atoms with Crippen molar-refractivity contribution in [1.82, 2.24) is 4.90 Å². The Morgan fingerprint density at radius 1 is 1.16 bits per heavy atom. The third-order valence-electron chi connectivity index (χ3n) is 3.62. The van der Waals surface area contributed by atoms with Gasteiger partial charge in [-0.25, -0.2) is 0 Å². The van der Waals surface area contributed by atoms with Crippen LogP contribution in [0.4, 0.5) is 0 Å². The van der Waals surface area contributed by atoms with Crippen LogP contribution >= 0.6 is 0 Å². The van der Waals surface area contributed by atoms with Crippen molar-refractivity contribution in [3.63, 3.8) is 0 Å². The summed E-state index contributed by atoms with van der Waals surface area (Å²) in [7, 11) is 1.70. The molecule has 4 nitrogen and oxygen atoms in total. The highest BCUT2D eigenvalue weighted by Crippen LogP contribution is 2.16. The van der Waals surface area contributed by atoms with Crippen LogP contribution in [0.2, 0.25) is 0 Å². The molecule has 0 aliphatic carbocycles. The number of hydrogen-bond donors (Lipinski definition) is 0. The van der Waals surface area contributed by atoms with Gasteiger partial charge in [0.1, 0.15) is 17.4 Å². The van der Waals surface area contributed by atoms with E-state index in [9.17, 15) is 10.1 Å². The molecule has 0 heterocycles. The molecule has 2 aromatic carbocycles. The van der Waals surface area contributed by atoms with E-state index < -0.39 is 0 Å². The van der Waals surface area contributed by atoms with Gasteiger partial charge in [0, 0.05) is 13.6 Å². The summed E-state index contributed by atoms with van der Waals surface area (Å²) in [6, 6.07) is 19.1. The summed E-state index contributed by atoms with van der Waals surface area (Å²) < 4.78 is 5.53. The number of carbonyl (C=O) groups is 1.